The van der Waals surface area contributed by atoms with E-state index >= 15 is 0 Å². The van der Waals surface area contributed by atoms with Crippen LogP contribution in [-0.4, -0.2) is 12.7 Å². The van der Waals surface area contributed by atoms with E-state index in [0.29, 0.717) is 0 Å². The van der Waals surface area contributed by atoms with Gasteiger partial charge in [-0.3, -0.25) is 0 Å². The first-order valence-electron chi connectivity index (χ1n) is 0.846. The minimum atomic E-state index is 1.25. The van der Waals surface area contributed by atoms with Crippen LogP contribution in [0, 0.1) is 0 Å². The van der Waals surface area contributed by atoms with E-state index in [9.17, 15) is 0 Å². The Morgan fingerprint density at radius 1 is 1.40 bits per heavy atom. The Bertz CT molecular complexity index is 34.2. The van der Waals surface area contributed by atoms with Crippen molar-refractivity contribution in [1.82, 2.24) is 0 Å². The molecule has 0 aliphatic heterocycles. The molecule has 28 valence electrons. The van der Waals surface area contributed by atoms with Crippen LogP contribution < -0.4 is 0 Å². The number of rotatable bonds is 0. The smallest absolute Gasteiger partial charge is 0.116 e. The number of hydrogen-bond acceptors (Lipinski definition) is 2. The summed E-state index contributed by atoms with van der Waals surface area (Å²) in [6.07, 6.45) is 0. The van der Waals surface area contributed by atoms with Gasteiger partial charge in [-0.05, 0) is 6.58 Å². The average Bonchev–Trinajstić information content (AvgIpc) is 1.46. The van der Waals surface area contributed by atoms with Gasteiger partial charge in [-0.2, -0.15) is 0 Å². The maximum Gasteiger partial charge on any atom is 0.116 e. The molecular formula is C3H4O2. The molecule has 0 fully saturated rings. The maximum absolute atomic E-state index is 8.57. The largest absolute Gasteiger partial charge is 0.307 e. The van der Waals surface area contributed by atoms with Crippen molar-refractivity contribution in [3.8, 4) is 0 Å². The predicted molar refractivity (Wildman–Crippen MR) is 18.4 cm³/mol. The molecule has 0 saturated heterocycles. The second kappa shape index (κ2) is 974. The second-order valence-corrected chi connectivity index (χ2v) is 0.144. The molecule has 0 aliphatic rings. The molecule has 0 N–H and O–H groups in total. The van der Waals surface area contributed by atoms with Gasteiger partial charge in [-0.15, -0.1) is 0 Å². The van der Waals surface area contributed by atoms with E-state index in [2.05, 4.69) is 6.58 Å². The quantitative estimate of drug-likeness (QED) is 0.372. The third-order valence-electron chi connectivity index (χ3n) is 0. The molecule has 0 unspecified atom stereocenters. The van der Waals surface area contributed by atoms with Crippen molar-refractivity contribution in [2.24, 2.45) is 0 Å². The molecule has 0 bridgehead atoms. The van der Waals surface area contributed by atoms with E-state index in [-0.39, 0.29) is 0 Å². The van der Waals surface area contributed by atoms with Gasteiger partial charge >= 0.3 is 0 Å². The van der Waals surface area contributed by atoms with Crippen molar-refractivity contribution < 1.29 is 9.59 Å². The van der Waals surface area contributed by atoms with Gasteiger partial charge in [0.15, 0.2) is 0 Å². The van der Waals surface area contributed by atoms with Crippen LogP contribution in [0.4, 0.5) is 0 Å². The molecule has 2 heteroatoms. The number of carbonyl (C=O) groups is 1. The van der Waals surface area contributed by atoms with Crippen molar-refractivity contribution >= 4 is 12.7 Å². The lowest BCUT2D eigenvalue weighted by Gasteiger charge is -1.02. The van der Waals surface area contributed by atoms with Crippen molar-refractivity contribution in [1.29, 1.82) is 0 Å². The van der Waals surface area contributed by atoms with Gasteiger partial charge in [0.1, 0.15) is 12.7 Å². The molecule has 0 aliphatic carbocycles. The SMILES string of the molecule is C=C=O.C=O. The van der Waals surface area contributed by atoms with Gasteiger partial charge in [0, 0.05) is 0 Å². The zero-order chi connectivity index (χ0) is 4.71. The predicted octanol–water partition coefficient (Wildman–Crippen LogP) is -0.181. The number of hydrogen-bond donors (Lipinski definition) is 0. The summed E-state index contributed by atoms with van der Waals surface area (Å²) in [5, 5.41) is 0. The highest BCUT2D eigenvalue weighted by atomic mass is 16.1. The van der Waals surface area contributed by atoms with Gasteiger partial charge in [0.2, 0.25) is 0 Å². The lowest BCUT2D eigenvalue weighted by molar-refractivity contribution is -0.0979. The Hall–Kier alpha value is -0.880. The molecule has 0 heterocycles. The minimum absolute atomic E-state index is 1.25. The fourth-order valence-electron chi connectivity index (χ4n) is 0. The Morgan fingerprint density at radius 3 is 1.40 bits per heavy atom. The molecule has 0 aromatic rings. The summed E-state index contributed by atoms with van der Waals surface area (Å²) in [5.74, 6) is 1.25. The van der Waals surface area contributed by atoms with E-state index < -0.39 is 0 Å². The highest BCUT2D eigenvalue weighted by molar-refractivity contribution is 5.38. The van der Waals surface area contributed by atoms with E-state index in [0.717, 1.165) is 0 Å². The normalized spacial score (nSPS) is 2.40. The fraction of sp³-hybridized carbons (Fsp3) is 0. The number of carbonyl (C=O) groups excluding carboxylic acids is 2. The standard InChI is InChI=1S/C2H2O.CH2O/c1-2-3;1-2/h1H2;1H2. The highest BCUT2D eigenvalue weighted by Gasteiger charge is 1.01. The van der Waals surface area contributed by atoms with Crippen LogP contribution in [0.5, 0.6) is 0 Å². The Kier molecular flexibility index (Phi) is 1740. The topological polar surface area (TPSA) is 34.1 Å². The third kappa shape index (κ3) is 5.05. The molecular weight excluding hydrogens is 68.0 g/mol. The summed E-state index contributed by atoms with van der Waals surface area (Å²) >= 11 is 0. The fourth-order valence-corrected chi connectivity index (χ4v) is 0. The van der Waals surface area contributed by atoms with Crippen LogP contribution in [0.25, 0.3) is 0 Å². The van der Waals surface area contributed by atoms with E-state index in [4.69, 9.17) is 9.59 Å². The van der Waals surface area contributed by atoms with E-state index in [1.54, 1.807) is 0 Å². The summed E-state index contributed by atoms with van der Waals surface area (Å²) in [4.78, 5) is 16.6. The first-order chi connectivity index (χ1) is 2.41. The lowest BCUT2D eigenvalue weighted by atomic mass is 11.2. The molecule has 0 saturated carbocycles. The first-order valence-corrected chi connectivity index (χ1v) is 0.846. The Balaban J connectivity index is 0. The Labute approximate surface area is 30.1 Å². The third-order valence-corrected chi connectivity index (χ3v) is 0. The van der Waals surface area contributed by atoms with Crippen molar-refractivity contribution in [3.63, 3.8) is 0 Å². The summed E-state index contributed by atoms with van der Waals surface area (Å²) in [5.41, 5.74) is 0. The Morgan fingerprint density at radius 2 is 1.40 bits per heavy atom. The average molecular weight is 72.1 g/mol. The molecule has 0 spiro atoms. The molecule has 0 rings (SSSR count). The van der Waals surface area contributed by atoms with E-state index in [1.165, 1.54) is 5.94 Å². The van der Waals surface area contributed by atoms with Crippen molar-refractivity contribution in [3.05, 3.63) is 6.58 Å². The van der Waals surface area contributed by atoms with Crippen LogP contribution in [0.1, 0.15) is 0 Å². The highest BCUT2D eigenvalue weighted by Crippen LogP contribution is 0.894. The lowest BCUT2D eigenvalue weighted by Crippen LogP contribution is -1.15. The molecule has 0 aromatic heterocycles. The zero-order valence-electron chi connectivity index (χ0n) is 2.73. The molecule has 0 aromatic carbocycles. The van der Waals surface area contributed by atoms with Crippen LogP contribution in [0.2, 0.25) is 0 Å². The van der Waals surface area contributed by atoms with Gasteiger partial charge in [0.25, 0.3) is 0 Å². The van der Waals surface area contributed by atoms with Crippen molar-refractivity contribution in [2.45, 2.75) is 0 Å². The first kappa shape index (κ1) is 8.92. The second-order valence-electron chi connectivity index (χ2n) is 0.144. The van der Waals surface area contributed by atoms with E-state index in [1.807, 2.05) is 6.79 Å². The molecule has 5 heavy (non-hydrogen) atoms. The summed E-state index contributed by atoms with van der Waals surface area (Å²) in [6.45, 7) is 4.68. The van der Waals surface area contributed by atoms with Gasteiger partial charge in [0.05, 0.1) is 0 Å². The van der Waals surface area contributed by atoms with Crippen LogP contribution in [0.15, 0.2) is 6.58 Å². The summed E-state index contributed by atoms with van der Waals surface area (Å²) in [7, 11) is 0. The van der Waals surface area contributed by atoms with Crippen LogP contribution in [-0.2, 0) is 9.59 Å². The molecule has 2 nitrogen and oxygen atoms in total. The summed E-state index contributed by atoms with van der Waals surface area (Å²) < 4.78 is 0. The monoisotopic (exact) mass is 72.0 g/mol. The van der Waals surface area contributed by atoms with Crippen LogP contribution >= 0.6 is 0 Å². The summed E-state index contributed by atoms with van der Waals surface area (Å²) in [6, 6.07) is 0. The van der Waals surface area contributed by atoms with Crippen LogP contribution in [0.3, 0.4) is 0 Å². The molecule has 0 atom stereocenters. The maximum atomic E-state index is 8.57. The molecule has 0 amide bonds. The molecule has 0 radical (unpaired) electrons. The van der Waals surface area contributed by atoms with Crippen molar-refractivity contribution in [2.75, 3.05) is 0 Å². The zero-order valence-corrected chi connectivity index (χ0v) is 2.73. The van der Waals surface area contributed by atoms with Gasteiger partial charge in [-0.1, -0.05) is 0 Å². The minimum Gasteiger partial charge on any atom is -0.307 e. The van der Waals surface area contributed by atoms with Gasteiger partial charge < -0.3 is 4.79 Å². The van der Waals surface area contributed by atoms with Gasteiger partial charge in [-0.25, -0.2) is 4.79 Å².